The van der Waals surface area contributed by atoms with Crippen LogP contribution in [0.5, 0.6) is 0 Å². The Labute approximate surface area is 160 Å². The van der Waals surface area contributed by atoms with Gasteiger partial charge in [0.05, 0.1) is 10.5 Å². The third kappa shape index (κ3) is 4.67. The summed E-state index contributed by atoms with van der Waals surface area (Å²) < 4.78 is 10.1. The molecule has 0 bridgehead atoms. The molecule has 28 heavy (non-hydrogen) atoms. The molecule has 0 aliphatic heterocycles. The van der Waals surface area contributed by atoms with Gasteiger partial charge in [0.15, 0.2) is 6.61 Å². The molecule has 1 aromatic heterocycles. The van der Waals surface area contributed by atoms with Crippen LogP contribution in [0.1, 0.15) is 23.9 Å². The number of esters is 1. The highest BCUT2D eigenvalue weighted by Gasteiger charge is 2.12. The summed E-state index contributed by atoms with van der Waals surface area (Å²) in [4.78, 5) is 26.5. The molecule has 8 nitrogen and oxygen atoms in total. The zero-order valence-electron chi connectivity index (χ0n) is 15.1. The number of carbonyl (C=O) groups is 1. The number of rotatable bonds is 7. The number of hydrogen-bond acceptors (Lipinski definition) is 7. The summed E-state index contributed by atoms with van der Waals surface area (Å²) >= 11 is 0. The van der Waals surface area contributed by atoms with E-state index >= 15 is 0 Å². The first-order chi connectivity index (χ1) is 13.6. The Morgan fingerprint density at radius 3 is 2.68 bits per heavy atom. The quantitative estimate of drug-likeness (QED) is 0.264. The summed E-state index contributed by atoms with van der Waals surface area (Å²) in [5, 5.41) is 14.8. The maximum absolute atomic E-state index is 11.8. The standard InChI is InChI=1S/C20H17N3O5/c1-2-14-7-9-16(10-8-14)20-21-18(28-22-20)13-27-19(24)12-11-15-5-3-4-6-17(15)23(25)26/h3-12H,2,13H2,1H3/b12-11+. The smallest absolute Gasteiger partial charge is 0.331 e. The molecule has 0 aliphatic rings. The molecule has 0 saturated carbocycles. The van der Waals surface area contributed by atoms with Crippen molar-refractivity contribution in [1.82, 2.24) is 10.1 Å². The highest BCUT2D eigenvalue weighted by Crippen LogP contribution is 2.19. The van der Waals surface area contributed by atoms with E-state index in [0.29, 0.717) is 11.4 Å². The predicted octanol–water partition coefficient (Wildman–Crippen LogP) is 3.96. The first kappa shape index (κ1) is 19.0. The molecule has 8 heteroatoms. The van der Waals surface area contributed by atoms with Crippen LogP contribution in [0.4, 0.5) is 5.69 Å². The van der Waals surface area contributed by atoms with Crippen LogP contribution in [0.15, 0.2) is 59.1 Å². The largest absolute Gasteiger partial charge is 0.452 e. The van der Waals surface area contributed by atoms with Crippen molar-refractivity contribution in [3.05, 3.63) is 81.7 Å². The topological polar surface area (TPSA) is 108 Å². The Balaban J connectivity index is 1.59. The van der Waals surface area contributed by atoms with Crippen molar-refractivity contribution in [2.24, 2.45) is 0 Å². The number of nitrogens with zero attached hydrogens (tertiary/aromatic N) is 3. The van der Waals surface area contributed by atoms with Crippen molar-refractivity contribution in [2.75, 3.05) is 0 Å². The second-order valence-corrected chi connectivity index (χ2v) is 5.82. The first-order valence-electron chi connectivity index (χ1n) is 8.57. The molecule has 142 valence electrons. The fourth-order valence-corrected chi connectivity index (χ4v) is 2.45. The summed E-state index contributed by atoms with van der Waals surface area (Å²) in [5.74, 6) is -0.114. The highest BCUT2D eigenvalue weighted by molar-refractivity contribution is 5.87. The van der Waals surface area contributed by atoms with Crippen molar-refractivity contribution in [1.29, 1.82) is 0 Å². The van der Waals surface area contributed by atoms with Gasteiger partial charge in [0, 0.05) is 17.7 Å². The van der Waals surface area contributed by atoms with Gasteiger partial charge in [0.25, 0.3) is 11.6 Å². The van der Waals surface area contributed by atoms with E-state index in [9.17, 15) is 14.9 Å². The molecule has 0 fully saturated rings. The second-order valence-electron chi connectivity index (χ2n) is 5.82. The number of aromatic nitrogens is 2. The normalized spacial score (nSPS) is 10.9. The summed E-state index contributed by atoms with van der Waals surface area (Å²) in [5.41, 5.74) is 2.21. The van der Waals surface area contributed by atoms with Crippen LogP contribution in [-0.2, 0) is 22.6 Å². The lowest BCUT2D eigenvalue weighted by molar-refractivity contribution is -0.385. The number of aryl methyl sites for hydroxylation is 1. The molecular formula is C20H17N3O5. The predicted molar refractivity (Wildman–Crippen MR) is 101 cm³/mol. The van der Waals surface area contributed by atoms with Crippen molar-refractivity contribution in [3.8, 4) is 11.4 Å². The van der Waals surface area contributed by atoms with Gasteiger partial charge < -0.3 is 9.26 Å². The SMILES string of the molecule is CCc1ccc(-c2noc(COC(=O)/C=C/c3ccccc3[N+](=O)[O-])n2)cc1. The second kappa shape index (κ2) is 8.72. The molecule has 3 aromatic rings. The summed E-state index contributed by atoms with van der Waals surface area (Å²) in [6.45, 7) is 1.88. The van der Waals surface area contributed by atoms with Gasteiger partial charge in [-0.2, -0.15) is 4.98 Å². The molecule has 2 aromatic carbocycles. The van der Waals surface area contributed by atoms with Crippen LogP contribution >= 0.6 is 0 Å². The van der Waals surface area contributed by atoms with E-state index in [1.165, 1.54) is 23.8 Å². The van der Waals surface area contributed by atoms with Crippen molar-refractivity contribution < 1.29 is 19.0 Å². The number of ether oxygens (including phenoxy) is 1. The minimum absolute atomic E-state index is 0.0952. The maximum atomic E-state index is 11.8. The minimum Gasteiger partial charge on any atom is -0.452 e. The van der Waals surface area contributed by atoms with Gasteiger partial charge in [0.2, 0.25) is 5.82 Å². The van der Waals surface area contributed by atoms with Gasteiger partial charge in [-0.25, -0.2) is 4.79 Å². The van der Waals surface area contributed by atoms with Gasteiger partial charge in [-0.1, -0.05) is 48.5 Å². The van der Waals surface area contributed by atoms with Crippen LogP contribution in [-0.4, -0.2) is 21.0 Å². The first-order valence-corrected chi connectivity index (χ1v) is 8.57. The van der Waals surface area contributed by atoms with Gasteiger partial charge >= 0.3 is 5.97 Å². The summed E-state index contributed by atoms with van der Waals surface area (Å²) in [6, 6.07) is 13.9. The Morgan fingerprint density at radius 1 is 1.21 bits per heavy atom. The third-order valence-corrected chi connectivity index (χ3v) is 3.96. The van der Waals surface area contributed by atoms with Crippen molar-refractivity contribution >= 4 is 17.7 Å². The molecule has 0 saturated heterocycles. The fourth-order valence-electron chi connectivity index (χ4n) is 2.45. The monoisotopic (exact) mass is 379 g/mol. The molecule has 0 N–H and O–H groups in total. The van der Waals surface area contributed by atoms with E-state index < -0.39 is 10.9 Å². The van der Waals surface area contributed by atoms with E-state index in [-0.39, 0.29) is 18.2 Å². The molecule has 0 aliphatic carbocycles. The lowest BCUT2D eigenvalue weighted by Crippen LogP contribution is -2.01. The van der Waals surface area contributed by atoms with E-state index in [2.05, 4.69) is 17.1 Å². The fraction of sp³-hybridized carbons (Fsp3) is 0.150. The number of hydrogen-bond donors (Lipinski definition) is 0. The summed E-state index contributed by atoms with van der Waals surface area (Å²) in [7, 11) is 0. The molecule has 0 atom stereocenters. The maximum Gasteiger partial charge on any atom is 0.331 e. The zero-order chi connectivity index (χ0) is 19.9. The van der Waals surface area contributed by atoms with E-state index in [4.69, 9.17) is 9.26 Å². The van der Waals surface area contributed by atoms with Crippen LogP contribution in [0, 0.1) is 10.1 Å². The molecule has 0 unspecified atom stereocenters. The zero-order valence-corrected chi connectivity index (χ0v) is 15.1. The van der Waals surface area contributed by atoms with Crippen molar-refractivity contribution in [3.63, 3.8) is 0 Å². The number of benzene rings is 2. The van der Waals surface area contributed by atoms with E-state index in [0.717, 1.165) is 18.1 Å². The number of nitro benzene ring substituents is 1. The Morgan fingerprint density at radius 2 is 1.96 bits per heavy atom. The van der Waals surface area contributed by atoms with Crippen LogP contribution < -0.4 is 0 Å². The summed E-state index contributed by atoms with van der Waals surface area (Å²) in [6.07, 6.45) is 3.38. The van der Waals surface area contributed by atoms with Crippen LogP contribution in [0.25, 0.3) is 17.5 Å². The lowest BCUT2D eigenvalue weighted by Gasteiger charge is -1.98. The van der Waals surface area contributed by atoms with E-state index in [1.54, 1.807) is 12.1 Å². The molecule has 1 heterocycles. The van der Waals surface area contributed by atoms with E-state index in [1.807, 2.05) is 24.3 Å². The van der Waals surface area contributed by atoms with Gasteiger partial charge in [-0.3, -0.25) is 10.1 Å². The average molecular weight is 379 g/mol. The lowest BCUT2D eigenvalue weighted by atomic mass is 10.1. The molecular weight excluding hydrogens is 362 g/mol. The third-order valence-electron chi connectivity index (χ3n) is 3.96. The minimum atomic E-state index is -0.676. The Kier molecular flexibility index (Phi) is 5.91. The molecule has 0 amide bonds. The van der Waals surface area contributed by atoms with Gasteiger partial charge in [-0.15, -0.1) is 0 Å². The average Bonchev–Trinajstić information content (AvgIpc) is 3.20. The number of para-hydroxylation sites is 1. The Hall–Kier alpha value is -3.81. The van der Waals surface area contributed by atoms with Crippen molar-refractivity contribution in [2.45, 2.75) is 20.0 Å². The number of carbonyl (C=O) groups excluding carboxylic acids is 1. The molecule has 3 rings (SSSR count). The molecule has 0 spiro atoms. The highest BCUT2D eigenvalue weighted by atomic mass is 16.6. The van der Waals surface area contributed by atoms with Gasteiger partial charge in [-0.05, 0) is 24.1 Å². The van der Waals surface area contributed by atoms with Crippen LogP contribution in [0.2, 0.25) is 0 Å². The van der Waals surface area contributed by atoms with Gasteiger partial charge in [0.1, 0.15) is 0 Å². The van der Waals surface area contributed by atoms with Crippen LogP contribution in [0.3, 0.4) is 0 Å². The molecule has 0 radical (unpaired) electrons. The number of nitro groups is 1. The Bertz CT molecular complexity index is 1010.